The molecule has 0 aliphatic heterocycles. The lowest BCUT2D eigenvalue weighted by molar-refractivity contribution is 0.0518. The maximum Gasteiger partial charge on any atom is 0.360 e. The minimum absolute atomic E-state index is 0.337. The predicted octanol–water partition coefficient (Wildman–Crippen LogP) is 3.28. The van der Waals surface area contributed by atoms with E-state index < -0.39 is 5.97 Å². The summed E-state index contributed by atoms with van der Waals surface area (Å²) in [4.78, 5) is 13.0. The minimum Gasteiger partial charge on any atom is -0.461 e. The zero-order chi connectivity index (χ0) is 14.5. The van der Waals surface area contributed by atoms with Gasteiger partial charge in [-0.2, -0.15) is 0 Å². The van der Waals surface area contributed by atoms with E-state index in [-0.39, 0.29) is 0 Å². The Bertz CT molecular complexity index is 594. The van der Waals surface area contributed by atoms with Crippen molar-refractivity contribution in [3.8, 4) is 0 Å². The maximum absolute atomic E-state index is 11.9. The van der Waals surface area contributed by atoms with Gasteiger partial charge in [0.2, 0.25) is 0 Å². The fraction of sp³-hybridized carbons (Fsp3) is 0.462. The minimum atomic E-state index is -0.394. The monoisotopic (exact) mass is 357 g/mol. The van der Waals surface area contributed by atoms with Crippen molar-refractivity contribution in [2.24, 2.45) is 0 Å². The number of nitrogens with zero attached hydrogens (tertiary/aromatic N) is 3. The largest absolute Gasteiger partial charge is 0.461 e. The number of thiophene rings is 1. The third kappa shape index (κ3) is 3.46. The van der Waals surface area contributed by atoms with Crippen LogP contribution in [0.25, 0.3) is 0 Å². The van der Waals surface area contributed by atoms with Gasteiger partial charge in [0.15, 0.2) is 5.69 Å². The summed E-state index contributed by atoms with van der Waals surface area (Å²) in [5.74, 6) is -0.394. The fourth-order valence-corrected chi connectivity index (χ4v) is 3.35. The third-order valence-corrected chi connectivity index (χ3v) is 4.34. The predicted molar refractivity (Wildman–Crippen MR) is 81.1 cm³/mol. The van der Waals surface area contributed by atoms with Crippen molar-refractivity contribution in [1.29, 1.82) is 0 Å². The molecule has 0 aliphatic carbocycles. The lowest BCUT2D eigenvalue weighted by Gasteiger charge is -2.05. The van der Waals surface area contributed by atoms with Gasteiger partial charge >= 0.3 is 5.97 Å². The molecule has 2 aromatic heterocycles. The smallest absolute Gasteiger partial charge is 0.360 e. The Balaban J connectivity index is 2.26. The van der Waals surface area contributed by atoms with Crippen LogP contribution in [0.15, 0.2) is 15.9 Å². The van der Waals surface area contributed by atoms with E-state index in [0.717, 1.165) is 27.2 Å². The van der Waals surface area contributed by atoms with Crippen LogP contribution in [-0.4, -0.2) is 27.6 Å². The molecule has 0 saturated heterocycles. The normalized spacial score (nSPS) is 10.8. The Hall–Kier alpha value is -1.21. The van der Waals surface area contributed by atoms with Crippen LogP contribution in [0.4, 0.5) is 0 Å². The lowest BCUT2D eigenvalue weighted by atomic mass is 10.2. The van der Waals surface area contributed by atoms with Crippen molar-refractivity contribution in [2.75, 3.05) is 6.61 Å². The number of carbonyl (C=O) groups is 1. The average Bonchev–Trinajstić information content (AvgIpc) is 2.99. The number of hydrogen-bond acceptors (Lipinski definition) is 5. The van der Waals surface area contributed by atoms with Crippen LogP contribution in [0.3, 0.4) is 0 Å². The fourth-order valence-electron chi connectivity index (χ4n) is 1.89. The summed E-state index contributed by atoms with van der Waals surface area (Å²) in [6, 6.07) is 4.04. The van der Waals surface area contributed by atoms with Crippen molar-refractivity contribution >= 4 is 33.2 Å². The molecule has 108 valence electrons. The first-order chi connectivity index (χ1) is 9.65. The standard InChI is InChI=1S/C13H16BrN3O2S/c1-3-5-10-12(13(18)19-4-2)15-16-17(10)8-9-6-7-11(14)20-9/h6-7H,3-5,8H2,1-2H3. The van der Waals surface area contributed by atoms with Gasteiger partial charge < -0.3 is 4.74 Å². The third-order valence-electron chi connectivity index (χ3n) is 2.73. The number of halogens is 1. The van der Waals surface area contributed by atoms with E-state index in [1.165, 1.54) is 0 Å². The summed E-state index contributed by atoms with van der Waals surface area (Å²) in [5, 5.41) is 8.09. The van der Waals surface area contributed by atoms with Crippen molar-refractivity contribution in [2.45, 2.75) is 33.2 Å². The van der Waals surface area contributed by atoms with Crippen molar-refractivity contribution < 1.29 is 9.53 Å². The number of carbonyl (C=O) groups excluding carboxylic acids is 1. The van der Waals surface area contributed by atoms with Crippen LogP contribution < -0.4 is 0 Å². The van der Waals surface area contributed by atoms with Gasteiger partial charge in [0.05, 0.1) is 22.6 Å². The number of rotatable bonds is 6. The van der Waals surface area contributed by atoms with Crippen LogP contribution in [0.2, 0.25) is 0 Å². The van der Waals surface area contributed by atoms with E-state index in [1.54, 1.807) is 22.9 Å². The molecule has 0 atom stereocenters. The van der Waals surface area contributed by atoms with E-state index in [0.29, 0.717) is 18.8 Å². The molecule has 0 saturated carbocycles. The van der Waals surface area contributed by atoms with Gasteiger partial charge in [0.1, 0.15) is 0 Å². The van der Waals surface area contributed by atoms with E-state index in [4.69, 9.17) is 4.74 Å². The lowest BCUT2D eigenvalue weighted by Crippen LogP contribution is -2.11. The number of aromatic nitrogens is 3. The number of hydrogen-bond donors (Lipinski definition) is 0. The van der Waals surface area contributed by atoms with Gasteiger partial charge in [-0.25, -0.2) is 9.48 Å². The molecule has 20 heavy (non-hydrogen) atoms. The molecule has 2 aromatic rings. The van der Waals surface area contributed by atoms with Gasteiger partial charge in [0.25, 0.3) is 0 Å². The summed E-state index contributed by atoms with van der Waals surface area (Å²) in [7, 11) is 0. The molecular formula is C13H16BrN3O2S. The molecule has 2 heterocycles. The van der Waals surface area contributed by atoms with Crippen molar-refractivity contribution in [3.05, 3.63) is 32.2 Å². The molecule has 0 unspecified atom stereocenters. The van der Waals surface area contributed by atoms with Gasteiger partial charge in [-0.3, -0.25) is 0 Å². The highest BCUT2D eigenvalue weighted by Gasteiger charge is 2.20. The second-order valence-corrected chi connectivity index (χ2v) is 6.77. The topological polar surface area (TPSA) is 57.0 Å². The van der Waals surface area contributed by atoms with Crippen molar-refractivity contribution in [3.63, 3.8) is 0 Å². The molecule has 2 rings (SSSR count). The van der Waals surface area contributed by atoms with Gasteiger partial charge in [-0.05, 0) is 41.4 Å². The molecule has 7 heteroatoms. The first kappa shape index (κ1) is 15.2. The van der Waals surface area contributed by atoms with E-state index in [9.17, 15) is 4.79 Å². The Kier molecular flexibility index (Phi) is 5.31. The van der Waals surface area contributed by atoms with Gasteiger partial charge in [0, 0.05) is 4.88 Å². The maximum atomic E-state index is 11.9. The Morgan fingerprint density at radius 3 is 2.85 bits per heavy atom. The van der Waals surface area contributed by atoms with Crippen LogP contribution in [0, 0.1) is 0 Å². The van der Waals surface area contributed by atoms with E-state index in [2.05, 4.69) is 33.2 Å². The molecule has 5 nitrogen and oxygen atoms in total. The Morgan fingerprint density at radius 2 is 2.25 bits per heavy atom. The highest BCUT2D eigenvalue weighted by atomic mass is 79.9. The molecule has 0 radical (unpaired) electrons. The van der Waals surface area contributed by atoms with Crippen molar-refractivity contribution in [1.82, 2.24) is 15.0 Å². The van der Waals surface area contributed by atoms with Crippen LogP contribution >= 0.6 is 27.3 Å². The zero-order valence-corrected chi connectivity index (χ0v) is 13.8. The second kappa shape index (κ2) is 6.99. The summed E-state index contributed by atoms with van der Waals surface area (Å²) in [6.45, 7) is 4.81. The summed E-state index contributed by atoms with van der Waals surface area (Å²) >= 11 is 5.09. The second-order valence-electron chi connectivity index (χ2n) is 4.22. The molecule has 0 fully saturated rings. The number of ether oxygens (including phenoxy) is 1. The molecular weight excluding hydrogens is 342 g/mol. The molecule has 0 spiro atoms. The van der Waals surface area contributed by atoms with Crippen LogP contribution in [-0.2, 0) is 17.7 Å². The molecule has 0 amide bonds. The first-order valence-corrected chi connectivity index (χ1v) is 8.10. The highest BCUT2D eigenvalue weighted by Crippen LogP contribution is 2.23. The zero-order valence-electron chi connectivity index (χ0n) is 11.4. The molecule has 0 N–H and O–H groups in total. The Labute approximate surface area is 130 Å². The van der Waals surface area contributed by atoms with Gasteiger partial charge in [-0.15, -0.1) is 16.4 Å². The highest BCUT2D eigenvalue weighted by molar-refractivity contribution is 9.11. The molecule has 0 aliphatic rings. The van der Waals surface area contributed by atoms with E-state index >= 15 is 0 Å². The molecule has 0 bridgehead atoms. The summed E-state index contributed by atoms with van der Waals surface area (Å²) < 4.78 is 7.89. The molecule has 0 aromatic carbocycles. The summed E-state index contributed by atoms with van der Waals surface area (Å²) in [6.07, 6.45) is 1.68. The number of esters is 1. The van der Waals surface area contributed by atoms with E-state index in [1.807, 2.05) is 12.1 Å². The quantitative estimate of drug-likeness (QED) is 0.744. The van der Waals surface area contributed by atoms with Gasteiger partial charge in [-0.1, -0.05) is 18.6 Å². The Morgan fingerprint density at radius 1 is 1.45 bits per heavy atom. The average molecular weight is 358 g/mol. The SMILES string of the molecule is CCCc1c(C(=O)OCC)nnn1Cc1ccc(Br)s1. The first-order valence-electron chi connectivity index (χ1n) is 6.49. The van der Waals surface area contributed by atoms with Crippen LogP contribution in [0.5, 0.6) is 0 Å². The van der Waals surface area contributed by atoms with Crippen LogP contribution in [0.1, 0.15) is 41.3 Å². The summed E-state index contributed by atoms with van der Waals surface area (Å²) in [5.41, 5.74) is 1.18.